The molecule has 0 fully saturated rings. The molecule has 0 spiro atoms. The molecule has 1 aromatic carbocycles. The van der Waals surface area contributed by atoms with E-state index in [9.17, 15) is 4.79 Å². The minimum Gasteiger partial charge on any atom is -0.481 e. The Kier molecular flexibility index (Phi) is 4.62. The molecular weight excluding hydrogens is 258 g/mol. The summed E-state index contributed by atoms with van der Waals surface area (Å²) >= 11 is 3.35. The molecule has 0 saturated heterocycles. The molecule has 1 aromatic rings. The smallest absolute Gasteiger partial charge is 0.306 e. The number of anilines is 1. The third-order valence-corrected chi connectivity index (χ3v) is 2.70. The third-order valence-electron chi connectivity index (χ3n) is 2.17. The summed E-state index contributed by atoms with van der Waals surface area (Å²) in [5.74, 6) is -1.04. The van der Waals surface area contributed by atoms with Crippen LogP contribution in [0.3, 0.4) is 0 Å². The Hall–Kier alpha value is -1.03. The van der Waals surface area contributed by atoms with Crippen LogP contribution in [0.1, 0.15) is 13.3 Å². The number of carboxylic acid groups (broad SMARTS) is 1. The maximum Gasteiger partial charge on any atom is 0.306 e. The standard InChI is InChI=1S/C11H14BrNO2/c1-8(11(14)15)6-7-13-10-4-2-9(12)3-5-10/h2-5,8,13H,6-7H2,1H3,(H,14,15). The largest absolute Gasteiger partial charge is 0.481 e. The summed E-state index contributed by atoms with van der Waals surface area (Å²) in [6.45, 7) is 2.39. The molecule has 3 nitrogen and oxygen atoms in total. The van der Waals surface area contributed by atoms with Crippen LogP contribution >= 0.6 is 15.9 Å². The van der Waals surface area contributed by atoms with Crippen molar-refractivity contribution in [2.75, 3.05) is 11.9 Å². The number of benzene rings is 1. The predicted molar refractivity (Wildman–Crippen MR) is 64.0 cm³/mol. The fourth-order valence-corrected chi connectivity index (χ4v) is 1.39. The zero-order chi connectivity index (χ0) is 11.3. The summed E-state index contributed by atoms with van der Waals surface area (Å²) in [7, 11) is 0. The van der Waals surface area contributed by atoms with Crippen molar-refractivity contribution in [1.82, 2.24) is 0 Å². The van der Waals surface area contributed by atoms with Crippen molar-refractivity contribution in [1.29, 1.82) is 0 Å². The Bertz CT molecular complexity index is 324. The van der Waals surface area contributed by atoms with Crippen molar-refractivity contribution in [3.05, 3.63) is 28.7 Å². The zero-order valence-corrected chi connectivity index (χ0v) is 10.1. The van der Waals surface area contributed by atoms with Crippen LogP contribution in [-0.4, -0.2) is 17.6 Å². The summed E-state index contributed by atoms with van der Waals surface area (Å²) in [6, 6.07) is 7.80. The Morgan fingerprint density at radius 2 is 2.07 bits per heavy atom. The van der Waals surface area contributed by atoms with Gasteiger partial charge in [0.15, 0.2) is 0 Å². The number of nitrogens with one attached hydrogen (secondary N) is 1. The van der Waals surface area contributed by atoms with Gasteiger partial charge in [0.05, 0.1) is 5.92 Å². The van der Waals surface area contributed by atoms with Crippen molar-refractivity contribution in [3.8, 4) is 0 Å². The average Bonchev–Trinajstić information content (AvgIpc) is 2.20. The normalized spacial score (nSPS) is 12.1. The molecular formula is C11H14BrNO2. The van der Waals surface area contributed by atoms with Crippen molar-refractivity contribution < 1.29 is 9.90 Å². The van der Waals surface area contributed by atoms with E-state index in [0.29, 0.717) is 13.0 Å². The average molecular weight is 272 g/mol. The molecule has 1 rings (SSSR count). The molecule has 0 heterocycles. The Morgan fingerprint density at radius 1 is 1.47 bits per heavy atom. The van der Waals surface area contributed by atoms with Crippen LogP contribution < -0.4 is 5.32 Å². The van der Waals surface area contributed by atoms with Gasteiger partial charge in [-0.3, -0.25) is 4.79 Å². The SMILES string of the molecule is CC(CCNc1ccc(Br)cc1)C(=O)O. The van der Waals surface area contributed by atoms with Gasteiger partial charge in [0.1, 0.15) is 0 Å². The first-order chi connectivity index (χ1) is 7.09. The minimum absolute atomic E-state index is 0.298. The van der Waals surface area contributed by atoms with E-state index in [1.807, 2.05) is 24.3 Å². The predicted octanol–water partition coefficient (Wildman–Crippen LogP) is 2.97. The fraction of sp³-hybridized carbons (Fsp3) is 0.364. The lowest BCUT2D eigenvalue weighted by Gasteiger charge is -2.08. The highest BCUT2D eigenvalue weighted by Gasteiger charge is 2.09. The molecule has 0 aliphatic heterocycles. The van der Waals surface area contributed by atoms with Gasteiger partial charge in [0.25, 0.3) is 0 Å². The van der Waals surface area contributed by atoms with Gasteiger partial charge in [0, 0.05) is 16.7 Å². The van der Waals surface area contributed by atoms with E-state index >= 15 is 0 Å². The van der Waals surface area contributed by atoms with Gasteiger partial charge in [-0.25, -0.2) is 0 Å². The van der Waals surface area contributed by atoms with Crippen LogP contribution in [0.4, 0.5) is 5.69 Å². The highest BCUT2D eigenvalue weighted by molar-refractivity contribution is 9.10. The van der Waals surface area contributed by atoms with Gasteiger partial charge in [-0.15, -0.1) is 0 Å². The van der Waals surface area contributed by atoms with Crippen LogP contribution in [0.5, 0.6) is 0 Å². The van der Waals surface area contributed by atoms with E-state index in [4.69, 9.17) is 5.11 Å². The Balaban J connectivity index is 2.32. The van der Waals surface area contributed by atoms with E-state index in [-0.39, 0.29) is 5.92 Å². The van der Waals surface area contributed by atoms with Crippen molar-refractivity contribution in [2.24, 2.45) is 5.92 Å². The first kappa shape index (κ1) is 12.0. The second kappa shape index (κ2) is 5.75. The lowest BCUT2D eigenvalue weighted by molar-refractivity contribution is -0.141. The fourth-order valence-electron chi connectivity index (χ4n) is 1.12. The first-order valence-electron chi connectivity index (χ1n) is 4.82. The molecule has 0 aliphatic rings. The summed E-state index contributed by atoms with van der Waals surface area (Å²) in [5.41, 5.74) is 1.01. The van der Waals surface area contributed by atoms with E-state index < -0.39 is 5.97 Å². The topological polar surface area (TPSA) is 49.3 Å². The summed E-state index contributed by atoms with van der Waals surface area (Å²) in [5, 5.41) is 11.9. The second-order valence-electron chi connectivity index (χ2n) is 3.46. The Labute approximate surface area is 97.6 Å². The van der Waals surface area contributed by atoms with Gasteiger partial charge in [-0.05, 0) is 30.7 Å². The maximum atomic E-state index is 10.6. The number of halogens is 1. The number of hydrogen-bond acceptors (Lipinski definition) is 2. The number of carbonyl (C=O) groups is 1. The molecule has 1 atom stereocenters. The van der Waals surface area contributed by atoms with Crippen molar-refractivity contribution >= 4 is 27.6 Å². The molecule has 4 heteroatoms. The monoisotopic (exact) mass is 271 g/mol. The van der Waals surface area contributed by atoms with Crippen LogP contribution in [0, 0.1) is 5.92 Å². The Morgan fingerprint density at radius 3 is 2.60 bits per heavy atom. The van der Waals surface area contributed by atoms with Crippen molar-refractivity contribution in [2.45, 2.75) is 13.3 Å². The lowest BCUT2D eigenvalue weighted by atomic mass is 10.1. The lowest BCUT2D eigenvalue weighted by Crippen LogP contribution is -2.14. The van der Waals surface area contributed by atoms with Gasteiger partial charge in [-0.1, -0.05) is 22.9 Å². The molecule has 0 amide bonds. The molecule has 82 valence electrons. The van der Waals surface area contributed by atoms with Gasteiger partial charge < -0.3 is 10.4 Å². The van der Waals surface area contributed by atoms with Gasteiger partial charge in [-0.2, -0.15) is 0 Å². The number of aliphatic carboxylic acids is 1. The quantitative estimate of drug-likeness (QED) is 0.866. The van der Waals surface area contributed by atoms with E-state index in [2.05, 4.69) is 21.2 Å². The van der Waals surface area contributed by atoms with E-state index in [1.165, 1.54) is 0 Å². The van der Waals surface area contributed by atoms with E-state index in [1.54, 1.807) is 6.92 Å². The minimum atomic E-state index is -0.743. The third kappa shape index (κ3) is 4.34. The van der Waals surface area contributed by atoms with Gasteiger partial charge >= 0.3 is 5.97 Å². The molecule has 1 unspecified atom stereocenters. The molecule has 0 aliphatic carbocycles. The summed E-state index contributed by atoms with van der Waals surface area (Å²) < 4.78 is 1.03. The van der Waals surface area contributed by atoms with Crippen LogP contribution in [-0.2, 0) is 4.79 Å². The summed E-state index contributed by atoms with van der Waals surface area (Å²) in [4.78, 5) is 10.6. The van der Waals surface area contributed by atoms with Gasteiger partial charge in [0.2, 0.25) is 0 Å². The zero-order valence-electron chi connectivity index (χ0n) is 8.53. The van der Waals surface area contributed by atoms with Crippen molar-refractivity contribution in [3.63, 3.8) is 0 Å². The first-order valence-corrected chi connectivity index (χ1v) is 5.61. The highest BCUT2D eigenvalue weighted by Crippen LogP contribution is 2.14. The second-order valence-corrected chi connectivity index (χ2v) is 4.38. The number of rotatable bonds is 5. The molecule has 0 aromatic heterocycles. The van der Waals surface area contributed by atoms with Crippen LogP contribution in [0.2, 0.25) is 0 Å². The molecule has 0 radical (unpaired) electrons. The van der Waals surface area contributed by atoms with Crippen LogP contribution in [0.25, 0.3) is 0 Å². The number of hydrogen-bond donors (Lipinski definition) is 2. The molecule has 2 N–H and O–H groups in total. The molecule has 0 saturated carbocycles. The number of carboxylic acids is 1. The summed E-state index contributed by atoms with van der Waals surface area (Å²) in [6.07, 6.45) is 0.630. The highest BCUT2D eigenvalue weighted by atomic mass is 79.9. The maximum absolute atomic E-state index is 10.6. The van der Waals surface area contributed by atoms with E-state index in [0.717, 1.165) is 10.2 Å². The van der Waals surface area contributed by atoms with Crippen LogP contribution in [0.15, 0.2) is 28.7 Å². The molecule has 15 heavy (non-hydrogen) atoms. The molecule has 0 bridgehead atoms.